The Balaban J connectivity index is 1.60. The Morgan fingerprint density at radius 2 is 1.93 bits per heavy atom. The average Bonchev–Trinajstić information content (AvgIpc) is 3.39. The number of aromatic amines is 1. The molecule has 0 aliphatic rings. The van der Waals surface area contributed by atoms with Crippen molar-refractivity contribution in [3.8, 4) is 5.69 Å². The zero-order valence-electron chi connectivity index (χ0n) is 14.3. The highest BCUT2D eigenvalue weighted by molar-refractivity contribution is 6.35. The van der Waals surface area contributed by atoms with Gasteiger partial charge in [0, 0.05) is 11.2 Å². The van der Waals surface area contributed by atoms with Gasteiger partial charge in [0.05, 0.1) is 10.7 Å². The summed E-state index contributed by atoms with van der Waals surface area (Å²) in [7, 11) is 0. The van der Waals surface area contributed by atoms with E-state index in [0.717, 1.165) is 5.56 Å². The van der Waals surface area contributed by atoms with Crippen LogP contribution in [0.5, 0.6) is 0 Å². The zero-order chi connectivity index (χ0) is 19.5. The van der Waals surface area contributed by atoms with Crippen molar-refractivity contribution >= 4 is 29.1 Å². The second kappa shape index (κ2) is 7.79. The smallest absolute Gasteiger partial charge is 0.272 e. The molecule has 0 bridgehead atoms. The van der Waals surface area contributed by atoms with Gasteiger partial charge in [-0.05, 0) is 29.8 Å². The maximum Gasteiger partial charge on any atom is 0.272 e. The molecule has 0 saturated carbocycles. The van der Waals surface area contributed by atoms with Crippen LogP contribution in [0.25, 0.3) is 5.69 Å². The van der Waals surface area contributed by atoms with E-state index in [1.165, 1.54) is 4.68 Å². The third-order valence-corrected chi connectivity index (χ3v) is 4.54. The standard InChI is InChI=1S/C18H13Cl2N7O/c19-12-6-7-15(13(20)10-12)27-9-8-14(24-27)18(28)21-16(17-22-25-26-23-17)11-4-2-1-3-5-11/h1-10,16H,(H,21,28)(H,22,23,25,26)/t16-/m0/s1. The minimum Gasteiger partial charge on any atom is -0.336 e. The summed E-state index contributed by atoms with van der Waals surface area (Å²) in [4.78, 5) is 12.8. The monoisotopic (exact) mass is 413 g/mol. The fourth-order valence-electron chi connectivity index (χ4n) is 2.69. The van der Waals surface area contributed by atoms with E-state index in [0.29, 0.717) is 21.6 Å². The molecule has 0 radical (unpaired) electrons. The number of aromatic nitrogens is 6. The number of nitrogens with zero attached hydrogens (tertiary/aromatic N) is 5. The molecule has 4 aromatic rings. The van der Waals surface area contributed by atoms with Gasteiger partial charge in [-0.1, -0.05) is 58.7 Å². The molecule has 0 unspecified atom stereocenters. The Bertz CT molecular complexity index is 1100. The molecule has 2 heterocycles. The normalized spacial score (nSPS) is 11.9. The minimum absolute atomic E-state index is 0.218. The molecule has 0 fully saturated rings. The number of hydrogen-bond donors (Lipinski definition) is 2. The van der Waals surface area contributed by atoms with Crippen molar-refractivity contribution < 1.29 is 4.79 Å². The van der Waals surface area contributed by atoms with Gasteiger partial charge in [0.15, 0.2) is 5.69 Å². The lowest BCUT2D eigenvalue weighted by molar-refractivity contribution is 0.0936. The Kier molecular flexibility index (Phi) is 5.05. The molecule has 28 heavy (non-hydrogen) atoms. The molecule has 0 aliphatic carbocycles. The molecule has 2 N–H and O–H groups in total. The van der Waals surface area contributed by atoms with E-state index >= 15 is 0 Å². The van der Waals surface area contributed by atoms with Crippen molar-refractivity contribution in [1.29, 1.82) is 0 Å². The first-order chi connectivity index (χ1) is 13.6. The maximum atomic E-state index is 12.8. The van der Waals surface area contributed by atoms with Gasteiger partial charge in [-0.15, -0.1) is 10.2 Å². The number of carbonyl (C=O) groups is 1. The third-order valence-electron chi connectivity index (χ3n) is 4.01. The molecule has 2 aromatic heterocycles. The number of carbonyl (C=O) groups excluding carboxylic acids is 1. The molecule has 2 aromatic carbocycles. The van der Waals surface area contributed by atoms with E-state index in [1.807, 2.05) is 30.3 Å². The Hall–Kier alpha value is -3.23. The fourth-order valence-corrected chi connectivity index (χ4v) is 3.18. The van der Waals surface area contributed by atoms with Gasteiger partial charge in [0.1, 0.15) is 6.04 Å². The highest BCUT2D eigenvalue weighted by atomic mass is 35.5. The van der Waals surface area contributed by atoms with Crippen molar-refractivity contribution in [2.75, 3.05) is 0 Å². The highest BCUT2D eigenvalue weighted by Crippen LogP contribution is 2.24. The predicted molar refractivity (Wildman–Crippen MR) is 104 cm³/mol. The lowest BCUT2D eigenvalue weighted by Crippen LogP contribution is -2.30. The van der Waals surface area contributed by atoms with E-state index in [9.17, 15) is 4.79 Å². The van der Waals surface area contributed by atoms with Gasteiger partial charge < -0.3 is 5.32 Å². The average molecular weight is 414 g/mol. The zero-order valence-corrected chi connectivity index (χ0v) is 15.8. The van der Waals surface area contributed by atoms with Crippen molar-refractivity contribution in [2.24, 2.45) is 0 Å². The van der Waals surface area contributed by atoms with E-state index in [1.54, 1.807) is 30.5 Å². The summed E-state index contributed by atoms with van der Waals surface area (Å²) in [6, 6.07) is 15.4. The number of rotatable bonds is 5. The summed E-state index contributed by atoms with van der Waals surface area (Å²) in [6.45, 7) is 0. The molecule has 4 rings (SSSR count). The minimum atomic E-state index is -0.572. The van der Waals surface area contributed by atoms with Gasteiger partial charge in [-0.25, -0.2) is 4.68 Å². The van der Waals surface area contributed by atoms with Crippen LogP contribution in [-0.4, -0.2) is 36.3 Å². The number of nitrogens with one attached hydrogen (secondary N) is 2. The van der Waals surface area contributed by atoms with Crippen molar-refractivity contribution in [3.05, 3.63) is 87.9 Å². The summed E-state index contributed by atoms with van der Waals surface area (Å²) in [5.41, 5.74) is 1.65. The van der Waals surface area contributed by atoms with Crippen LogP contribution >= 0.6 is 23.2 Å². The summed E-state index contributed by atoms with van der Waals surface area (Å²) >= 11 is 12.1. The van der Waals surface area contributed by atoms with Gasteiger partial charge >= 0.3 is 0 Å². The van der Waals surface area contributed by atoms with Crippen LogP contribution in [-0.2, 0) is 0 Å². The van der Waals surface area contributed by atoms with Crippen LogP contribution in [0.3, 0.4) is 0 Å². The number of amides is 1. The summed E-state index contributed by atoms with van der Waals surface area (Å²) in [6.07, 6.45) is 1.65. The fraction of sp³-hybridized carbons (Fsp3) is 0.0556. The molecular formula is C18H13Cl2N7O. The number of benzene rings is 2. The molecular weight excluding hydrogens is 401 g/mol. The van der Waals surface area contributed by atoms with Crippen molar-refractivity contribution in [1.82, 2.24) is 35.7 Å². The van der Waals surface area contributed by atoms with E-state index < -0.39 is 6.04 Å². The second-order valence-corrected chi connectivity index (χ2v) is 6.67. The topological polar surface area (TPSA) is 101 Å². The van der Waals surface area contributed by atoms with Gasteiger partial charge in [0.25, 0.3) is 5.91 Å². The summed E-state index contributed by atoms with van der Waals surface area (Å²) in [5.74, 6) is -0.0396. The van der Waals surface area contributed by atoms with Crippen LogP contribution in [0.2, 0.25) is 10.0 Å². The Morgan fingerprint density at radius 1 is 1.11 bits per heavy atom. The quantitative estimate of drug-likeness (QED) is 0.522. The molecule has 1 amide bonds. The van der Waals surface area contributed by atoms with E-state index in [4.69, 9.17) is 23.2 Å². The van der Waals surface area contributed by atoms with Crippen LogP contribution in [0.15, 0.2) is 60.8 Å². The lowest BCUT2D eigenvalue weighted by atomic mass is 10.1. The molecule has 0 saturated heterocycles. The molecule has 8 nitrogen and oxygen atoms in total. The SMILES string of the molecule is O=C(N[C@@H](c1ccccc1)c1nn[nH]n1)c1ccn(-c2ccc(Cl)cc2Cl)n1. The molecule has 0 spiro atoms. The van der Waals surface area contributed by atoms with Crippen molar-refractivity contribution in [3.63, 3.8) is 0 Å². The first-order valence-electron chi connectivity index (χ1n) is 8.22. The first-order valence-corrected chi connectivity index (χ1v) is 8.97. The second-order valence-electron chi connectivity index (χ2n) is 5.83. The number of halogens is 2. The number of H-pyrrole nitrogens is 1. The molecule has 10 heteroatoms. The van der Waals surface area contributed by atoms with Crippen LogP contribution in [0, 0.1) is 0 Å². The van der Waals surface area contributed by atoms with Crippen LogP contribution in [0.4, 0.5) is 0 Å². The molecule has 140 valence electrons. The summed E-state index contributed by atoms with van der Waals surface area (Å²) in [5, 5.41) is 22.1. The van der Waals surface area contributed by atoms with Crippen molar-refractivity contribution in [2.45, 2.75) is 6.04 Å². The van der Waals surface area contributed by atoms with Gasteiger partial charge in [-0.2, -0.15) is 10.3 Å². The van der Waals surface area contributed by atoms with E-state index in [2.05, 4.69) is 31.0 Å². The molecule has 1 atom stereocenters. The maximum absolute atomic E-state index is 12.8. The van der Waals surface area contributed by atoms with Crippen LogP contribution in [0.1, 0.15) is 27.9 Å². The van der Waals surface area contributed by atoms with Crippen LogP contribution < -0.4 is 5.32 Å². The Labute approximate surface area is 169 Å². The number of tetrazole rings is 1. The first kappa shape index (κ1) is 18.1. The highest BCUT2D eigenvalue weighted by Gasteiger charge is 2.23. The van der Waals surface area contributed by atoms with Gasteiger partial charge in [-0.3, -0.25) is 4.79 Å². The van der Waals surface area contributed by atoms with Gasteiger partial charge in [0.2, 0.25) is 5.82 Å². The third kappa shape index (κ3) is 3.73. The Morgan fingerprint density at radius 3 is 2.64 bits per heavy atom. The van der Waals surface area contributed by atoms with E-state index in [-0.39, 0.29) is 11.6 Å². The predicted octanol–water partition coefficient (Wildman–Crippen LogP) is 3.21. The lowest BCUT2D eigenvalue weighted by Gasteiger charge is -2.15. The largest absolute Gasteiger partial charge is 0.336 e. The molecule has 0 aliphatic heterocycles. The summed E-state index contributed by atoms with van der Waals surface area (Å²) < 4.78 is 1.51. The number of hydrogen-bond acceptors (Lipinski definition) is 5.